The molecule has 0 bridgehead atoms. The van der Waals surface area contributed by atoms with E-state index in [0.29, 0.717) is 17.7 Å². The topological polar surface area (TPSA) is 24.9 Å². The normalized spacial score (nSPS) is 17.1. The zero-order chi connectivity index (χ0) is 21.8. The predicted molar refractivity (Wildman–Crippen MR) is 121 cm³/mol. The molecule has 168 valence electrons. The van der Waals surface area contributed by atoms with Crippen LogP contribution in [-0.2, 0) is 6.18 Å². The quantitative estimate of drug-likeness (QED) is 0.370. The van der Waals surface area contributed by atoms with E-state index in [1.165, 1.54) is 0 Å². The number of anilines is 1. The Balaban J connectivity index is 1.22. The van der Waals surface area contributed by atoms with E-state index < -0.39 is 11.7 Å². The minimum Gasteiger partial charge on any atom is -0.486 e. The maximum absolute atomic E-state index is 12.8. The molecule has 0 N–H and O–H groups in total. The van der Waals surface area contributed by atoms with Gasteiger partial charge in [0, 0.05) is 35.5 Å². The molecule has 0 amide bonds. The first-order valence-corrected chi connectivity index (χ1v) is 12.0. The molecule has 4 nitrogen and oxygen atoms in total. The second-order valence-electron chi connectivity index (χ2n) is 7.47. The van der Waals surface area contributed by atoms with Crippen LogP contribution in [0.4, 0.5) is 18.9 Å². The van der Waals surface area contributed by atoms with Crippen molar-refractivity contribution in [2.45, 2.75) is 17.5 Å². The molecule has 1 fully saturated rings. The predicted octanol–water partition coefficient (Wildman–Crippen LogP) is 5.54. The minimum atomic E-state index is -4.31. The number of hydrogen-bond donors (Lipinski definition) is 0. The summed E-state index contributed by atoms with van der Waals surface area (Å²) in [4.78, 5) is 5.62. The molecule has 0 saturated carbocycles. The van der Waals surface area contributed by atoms with E-state index >= 15 is 0 Å². The summed E-state index contributed by atoms with van der Waals surface area (Å²) in [5.74, 6) is 2.53. The zero-order valence-corrected chi connectivity index (χ0v) is 19.4. The maximum Gasteiger partial charge on any atom is 0.416 e. The van der Waals surface area contributed by atoms with Crippen LogP contribution in [0, 0.1) is 0 Å². The Labute approximate surface area is 192 Å². The largest absolute Gasteiger partial charge is 0.486 e. The molecule has 2 aromatic carbocycles. The van der Waals surface area contributed by atoms with Gasteiger partial charge >= 0.3 is 6.18 Å². The van der Waals surface area contributed by atoms with Gasteiger partial charge in [-0.25, -0.2) is 0 Å². The second-order valence-corrected chi connectivity index (χ2v) is 9.47. The van der Waals surface area contributed by atoms with Crippen LogP contribution in [0.1, 0.15) is 12.0 Å². The van der Waals surface area contributed by atoms with E-state index in [2.05, 4.69) is 31.8 Å². The van der Waals surface area contributed by atoms with Crippen molar-refractivity contribution in [3.63, 3.8) is 0 Å². The fourth-order valence-corrected chi connectivity index (χ4v) is 5.36. The molecule has 2 aliphatic rings. The number of alkyl halides is 3. The fourth-order valence-electron chi connectivity index (χ4n) is 3.78. The van der Waals surface area contributed by atoms with E-state index in [9.17, 15) is 13.2 Å². The molecule has 4 rings (SSSR count). The number of ether oxygens (including phenoxy) is 2. The first-order valence-electron chi connectivity index (χ1n) is 10.3. The first kappa shape index (κ1) is 22.6. The standard InChI is InChI=1S/C22H24BrF3N2O2S/c23-17-15-16(22(24,25)26)5-6-20(17)31-14-2-7-27-8-10-28(11-9-27)18-3-1-4-19-21(18)30-13-12-29-19/h1,3-6,15H,2,7-14H2. The van der Waals surface area contributed by atoms with Crippen LogP contribution in [-0.4, -0.2) is 56.6 Å². The second kappa shape index (κ2) is 9.92. The minimum absolute atomic E-state index is 0.498. The molecule has 0 aromatic heterocycles. The summed E-state index contributed by atoms with van der Waals surface area (Å²) in [7, 11) is 0. The molecule has 0 aliphatic carbocycles. The van der Waals surface area contributed by atoms with Crippen LogP contribution >= 0.6 is 27.7 Å². The van der Waals surface area contributed by atoms with E-state index in [4.69, 9.17) is 9.47 Å². The Kier molecular flexibility index (Phi) is 7.23. The summed E-state index contributed by atoms with van der Waals surface area (Å²) in [5.41, 5.74) is 0.470. The average molecular weight is 517 g/mol. The van der Waals surface area contributed by atoms with Gasteiger partial charge in [0.15, 0.2) is 11.5 Å². The lowest BCUT2D eigenvalue weighted by atomic mass is 10.2. The molecular weight excluding hydrogens is 493 g/mol. The highest BCUT2D eigenvalue weighted by atomic mass is 79.9. The number of para-hydroxylation sites is 1. The maximum atomic E-state index is 12.8. The highest BCUT2D eigenvalue weighted by Gasteiger charge is 2.30. The molecule has 31 heavy (non-hydrogen) atoms. The monoisotopic (exact) mass is 516 g/mol. The Morgan fingerprint density at radius 2 is 1.77 bits per heavy atom. The van der Waals surface area contributed by atoms with Crippen molar-refractivity contribution in [1.29, 1.82) is 0 Å². The molecule has 0 radical (unpaired) electrons. The van der Waals surface area contributed by atoms with Crippen LogP contribution in [0.2, 0.25) is 0 Å². The van der Waals surface area contributed by atoms with Gasteiger partial charge in [-0.3, -0.25) is 4.90 Å². The van der Waals surface area contributed by atoms with Crippen molar-refractivity contribution in [2.75, 3.05) is 56.6 Å². The number of piperazine rings is 1. The van der Waals surface area contributed by atoms with E-state index in [1.54, 1.807) is 17.8 Å². The van der Waals surface area contributed by atoms with Crippen LogP contribution in [0.15, 0.2) is 45.8 Å². The van der Waals surface area contributed by atoms with Gasteiger partial charge in [0.25, 0.3) is 0 Å². The number of nitrogens with zero attached hydrogens (tertiary/aromatic N) is 2. The molecule has 1 saturated heterocycles. The lowest BCUT2D eigenvalue weighted by molar-refractivity contribution is -0.137. The van der Waals surface area contributed by atoms with Crippen molar-refractivity contribution in [3.05, 3.63) is 46.4 Å². The number of rotatable bonds is 6. The zero-order valence-electron chi connectivity index (χ0n) is 17.0. The van der Waals surface area contributed by atoms with Crippen molar-refractivity contribution in [2.24, 2.45) is 0 Å². The third kappa shape index (κ3) is 5.62. The van der Waals surface area contributed by atoms with E-state index in [-0.39, 0.29) is 0 Å². The summed E-state index contributed by atoms with van der Waals surface area (Å²) < 4.78 is 50.4. The molecular formula is C22H24BrF3N2O2S. The highest BCUT2D eigenvalue weighted by Crippen LogP contribution is 2.40. The third-order valence-corrected chi connectivity index (χ3v) is 7.47. The summed E-state index contributed by atoms with van der Waals surface area (Å²) in [6, 6.07) is 9.87. The van der Waals surface area contributed by atoms with Gasteiger partial charge in [0.1, 0.15) is 13.2 Å². The lowest BCUT2D eigenvalue weighted by Gasteiger charge is -2.37. The van der Waals surface area contributed by atoms with Gasteiger partial charge in [0.05, 0.1) is 11.3 Å². The van der Waals surface area contributed by atoms with E-state index in [0.717, 1.165) is 79.1 Å². The molecule has 0 unspecified atom stereocenters. The SMILES string of the molecule is FC(F)(F)c1ccc(SCCCN2CCN(c3cccc4c3OCCO4)CC2)c(Br)c1. The Morgan fingerprint density at radius 3 is 2.52 bits per heavy atom. The highest BCUT2D eigenvalue weighted by molar-refractivity contribution is 9.10. The van der Waals surface area contributed by atoms with E-state index in [1.807, 2.05) is 12.1 Å². The van der Waals surface area contributed by atoms with Gasteiger partial charge in [-0.15, -0.1) is 11.8 Å². The lowest BCUT2D eigenvalue weighted by Crippen LogP contribution is -2.46. The van der Waals surface area contributed by atoms with Crippen molar-refractivity contribution in [3.8, 4) is 11.5 Å². The van der Waals surface area contributed by atoms with Gasteiger partial charge in [0.2, 0.25) is 0 Å². The molecule has 9 heteroatoms. The van der Waals surface area contributed by atoms with Crippen LogP contribution < -0.4 is 14.4 Å². The molecule has 0 spiro atoms. The number of halogens is 4. The Bertz CT molecular complexity index is 905. The number of benzene rings is 2. The number of hydrogen-bond acceptors (Lipinski definition) is 5. The average Bonchev–Trinajstić information content (AvgIpc) is 2.77. The van der Waals surface area contributed by atoms with Crippen molar-refractivity contribution < 1.29 is 22.6 Å². The summed E-state index contributed by atoms with van der Waals surface area (Å²) in [5, 5.41) is 0. The molecule has 2 heterocycles. The summed E-state index contributed by atoms with van der Waals surface area (Å²) in [6.07, 6.45) is -3.33. The van der Waals surface area contributed by atoms with Gasteiger partial charge in [-0.2, -0.15) is 13.2 Å². The Hall–Kier alpha value is -1.58. The summed E-state index contributed by atoms with van der Waals surface area (Å²) in [6.45, 7) is 5.95. The van der Waals surface area contributed by atoms with Gasteiger partial charge in [-0.05, 0) is 65.0 Å². The van der Waals surface area contributed by atoms with Gasteiger partial charge in [-0.1, -0.05) is 6.07 Å². The number of fused-ring (bicyclic) bond motifs is 1. The fraction of sp³-hybridized carbons (Fsp3) is 0.455. The smallest absolute Gasteiger partial charge is 0.416 e. The molecule has 2 aromatic rings. The van der Waals surface area contributed by atoms with Gasteiger partial charge < -0.3 is 14.4 Å². The summed E-state index contributed by atoms with van der Waals surface area (Å²) >= 11 is 4.85. The Morgan fingerprint density at radius 1 is 1.00 bits per heavy atom. The molecule has 0 atom stereocenters. The first-order chi connectivity index (χ1) is 14.9. The van der Waals surface area contributed by atoms with Crippen LogP contribution in [0.25, 0.3) is 0 Å². The van der Waals surface area contributed by atoms with Crippen LogP contribution in [0.3, 0.4) is 0 Å². The van der Waals surface area contributed by atoms with Crippen LogP contribution in [0.5, 0.6) is 11.5 Å². The third-order valence-electron chi connectivity index (χ3n) is 5.39. The van der Waals surface area contributed by atoms with Crippen molar-refractivity contribution in [1.82, 2.24) is 4.90 Å². The molecule has 2 aliphatic heterocycles. The van der Waals surface area contributed by atoms with Crippen molar-refractivity contribution >= 4 is 33.4 Å². The number of thioether (sulfide) groups is 1.